The van der Waals surface area contributed by atoms with Gasteiger partial charge in [0.1, 0.15) is 0 Å². The van der Waals surface area contributed by atoms with Crippen molar-refractivity contribution in [2.75, 3.05) is 0 Å². The average molecular weight is 283 g/mol. The second-order valence-electron chi connectivity index (χ2n) is 3.31. The molecule has 2 N–H and O–H groups in total. The minimum absolute atomic E-state index is 0.408. The lowest BCUT2D eigenvalue weighted by molar-refractivity contribution is 0.375. The maximum atomic E-state index is 6.01. The van der Waals surface area contributed by atoms with Crippen molar-refractivity contribution in [2.24, 2.45) is 5.73 Å². The first-order valence-corrected chi connectivity index (χ1v) is 5.68. The second kappa shape index (κ2) is 4.71. The third kappa shape index (κ3) is 2.28. The molecule has 2 heterocycles. The van der Waals surface area contributed by atoms with Gasteiger partial charge in [-0.15, -0.1) is 0 Å². The molecule has 0 amide bonds. The number of hydrogen-bond acceptors (Lipinski definition) is 5. The number of rotatable bonds is 3. The molecule has 0 aliphatic carbocycles. The maximum Gasteiger partial charge on any atom is 0.226 e. The van der Waals surface area contributed by atoms with Crippen molar-refractivity contribution < 1.29 is 4.52 Å². The Labute approximate surface area is 101 Å². The number of nitrogens with two attached hydrogens (primary N) is 1. The molecule has 2 aromatic heterocycles. The quantitative estimate of drug-likeness (QED) is 0.929. The van der Waals surface area contributed by atoms with E-state index < -0.39 is 6.04 Å². The zero-order valence-corrected chi connectivity index (χ0v) is 10.3. The summed E-state index contributed by atoms with van der Waals surface area (Å²) in [4.78, 5) is 8.23. The third-order valence-corrected chi connectivity index (χ3v) is 2.58. The summed E-state index contributed by atoms with van der Waals surface area (Å²) < 4.78 is 5.89. The lowest BCUT2D eigenvalue weighted by atomic mass is 10.1. The van der Waals surface area contributed by atoms with Gasteiger partial charge in [-0.2, -0.15) is 4.98 Å². The van der Waals surface area contributed by atoms with Crippen LogP contribution in [0.15, 0.2) is 27.5 Å². The Bertz CT molecular complexity index is 485. The van der Waals surface area contributed by atoms with Gasteiger partial charge in [-0.1, -0.05) is 12.1 Å². The molecular formula is C10H11BrN4O. The monoisotopic (exact) mass is 282 g/mol. The number of aryl methyl sites for hydroxylation is 1. The fourth-order valence-corrected chi connectivity index (χ4v) is 1.67. The van der Waals surface area contributed by atoms with Gasteiger partial charge in [0.15, 0.2) is 5.82 Å². The predicted octanol–water partition coefficient (Wildman–Crippen LogP) is 1.84. The minimum Gasteiger partial charge on any atom is -0.339 e. The van der Waals surface area contributed by atoms with Crippen LogP contribution >= 0.6 is 15.9 Å². The van der Waals surface area contributed by atoms with Crippen LogP contribution in [-0.4, -0.2) is 15.1 Å². The van der Waals surface area contributed by atoms with E-state index in [0.717, 1.165) is 10.0 Å². The van der Waals surface area contributed by atoms with Gasteiger partial charge in [-0.3, -0.25) is 4.98 Å². The Hall–Kier alpha value is -1.27. The highest BCUT2D eigenvalue weighted by atomic mass is 79.9. The first-order chi connectivity index (χ1) is 7.70. The van der Waals surface area contributed by atoms with E-state index in [1.54, 1.807) is 12.4 Å². The predicted molar refractivity (Wildman–Crippen MR) is 61.6 cm³/mol. The molecule has 2 rings (SSSR count). The van der Waals surface area contributed by atoms with Crippen LogP contribution in [0.4, 0.5) is 0 Å². The Morgan fingerprint density at radius 2 is 2.31 bits per heavy atom. The molecule has 5 nitrogen and oxygen atoms in total. The molecule has 2 aromatic rings. The van der Waals surface area contributed by atoms with Gasteiger partial charge in [0.05, 0.1) is 6.04 Å². The molecular weight excluding hydrogens is 272 g/mol. The van der Waals surface area contributed by atoms with Crippen LogP contribution in [0.1, 0.15) is 30.2 Å². The highest BCUT2D eigenvalue weighted by Gasteiger charge is 2.16. The number of hydrogen-bond donors (Lipinski definition) is 1. The van der Waals surface area contributed by atoms with E-state index in [1.807, 2.05) is 13.0 Å². The molecule has 0 aromatic carbocycles. The Balaban J connectivity index is 2.27. The van der Waals surface area contributed by atoms with Crippen molar-refractivity contribution in [1.29, 1.82) is 0 Å². The molecule has 1 atom stereocenters. The molecule has 0 fully saturated rings. The second-order valence-corrected chi connectivity index (χ2v) is 4.23. The highest BCUT2D eigenvalue weighted by Crippen LogP contribution is 2.19. The Morgan fingerprint density at radius 3 is 2.94 bits per heavy atom. The van der Waals surface area contributed by atoms with Gasteiger partial charge >= 0.3 is 0 Å². The van der Waals surface area contributed by atoms with E-state index >= 15 is 0 Å². The number of pyridine rings is 1. The van der Waals surface area contributed by atoms with E-state index in [1.165, 1.54) is 0 Å². The molecule has 0 saturated heterocycles. The minimum atomic E-state index is -0.408. The summed E-state index contributed by atoms with van der Waals surface area (Å²) in [5.74, 6) is 1.07. The van der Waals surface area contributed by atoms with Crippen LogP contribution in [0.2, 0.25) is 0 Å². The zero-order chi connectivity index (χ0) is 11.5. The number of aromatic nitrogens is 3. The Morgan fingerprint density at radius 1 is 1.50 bits per heavy atom. The summed E-state index contributed by atoms with van der Waals surface area (Å²) in [6.45, 7) is 1.95. The van der Waals surface area contributed by atoms with Gasteiger partial charge in [0.25, 0.3) is 0 Å². The summed E-state index contributed by atoms with van der Waals surface area (Å²) in [6.07, 6.45) is 4.10. The topological polar surface area (TPSA) is 77.8 Å². The lowest BCUT2D eigenvalue weighted by Gasteiger charge is -2.06. The number of nitrogens with zero attached hydrogens (tertiary/aromatic N) is 3. The average Bonchev–Trinajstić information content (AvgIpc) is 2.76. The number of halogens is 1. The molecule has 84 valence electrons. The molecule has 1 unspecified atom stereocenters. The van der Waals surface area contributed by atoms with Crippen LogP contribution in [0.3, 0.4) is 0 Å². The van der Waals surface area contributed by atoms with Gasteiger partial charge in [0, 0.05) is 23.3 Å². The lowest BCUT2D eigenvalue weighted by Crippen LogP contribution is -2.13. The van der Waals surface area contributed by atoms with Gasteiger partial charge in [0.2, 0.25) is 5.89 Å². The molecule has 6 heteroatoms. The van der Waals surface area contributed by atoms with E-state index in [9.17, 15) is 0 Å². The SMILES string of the molecule is CCc1nc(C(N)c2cncc(Br)c2)no1. The van der Waals surface area contributed by atoms with Crippen LogP contribution in [0.25, 0.3) is 0 Å². The van der Waals surface area contributed by atoms with E-state index in [0.29, 0.717) is 18.1 Å². The van der Waals surface area contributed by atoms with E-state index in [-0.39, 0.29) is 0 Å². The summed E-state index contributed by atoms with van der Waals surface area (Å²) in [7, 11) is 0. The largest absolute Gasteiger partial charge is 0.339 e. The van der Waals surface area contributed by atoms with Crippen molar-refractivity contribution >= 4 is 15.9 Å². The van der Waals surface area contributed by atoms with Crippen molar-refractivity contribution in [3.63, 3.8) is 0 Å². The third-order valence-electron chi connectivity index (χ3n) is 2.15. The molecule has 0 spiro atoms. The molecule has 0 radical (unpaired) electrons. The van der Waals surface area contributed by atoms with Gasteiger partial charge in [-0.05, 0) is 27.6 Å². The smallest absolute Gasteiger partial charge is 0.226 e. The van der Waals surface area contributed by atoms with Crippen LogP contribution < -0.4 is 5.73 Å². The Kier molecular flexibility index (Phi) is 3.31. The molecule has 0 bridgehead atoms. The van der Waals surface area contributed by atoms with Crippen LogP contribution in [0.5, 0.6) is 0 Å². The van der Waals surface area contributed by atoms with Crippen LogP contribution in [-0.2, 0) is 6.42 Å². The van der Waals surface area contributed by atoms with Crippen LogP contribution in [0, 0.1) is 0 Å². The fourth-order valence-electron chi connectivity index (χ4n) is 1.29. The molecule has 0 saturated carbocycles. The van der Waals surface area contributed by atoms with Gasteiger partial charge in [-0.25, -0.2) is 0 Å². The van der Waals surface area contributed by atoms with E-state index in [4.69, 9.17) is 10.3 Å². The fraction of sp³-hybridized carbons (Fsp3) is 0.300. The zero-order valence-electron chi connectivity index (χ0n) is 8.72. The van der Waals surface area contributed by atoms with Crippen molar-refractivity contribution in [1.82, 2.24) is 15.1 Å². The summed E-state index contributed by atoms with van der Waals surface area (Å²) in [5, 5.41) is 3.84. The van der Waals surface area contributed by atoms with E-state index in [2.05, 4.69) is 31.1 Å². The van der Waals surface area contributed by atoms with Crippen molar-refractivity contribution in [2.45, 2.75) is 19.4 Å². The van der Waals surface area contributed by atoms with Gasteiger partial charge < -0.3 is 10.3 Å². The normalized spacial score (nSPS) is 12.7. The molecule has 0 aliphatic heterocycles. The summed E-state index contributed by atoms with van der Waals surface area (Å²) in [6, 6.07) is 1.48. The van der Waals surface area contributed by atoms with Crippen molar-refractivity contribution in [3.8, 4) is 0 Å². The first kappa shape index (κ1) is 11.2. The molecule has 0 aliphatic rings. The van der Waals surface area contributed by atoms with Crippen molar-refractivity contribution in [3.05, 3.63) is 40.2 Å². The standard InChI is InChI=1S/C10H11BrN4O/c1-2-8-14-10(15-16-8)9(12)6-3-7(11)5-13-4-6/h3-5,9H,2,12H2,1H3. The summed E-state index contributed by atoms with van der Waals surface area (Å²) >= 11 is 3.34. The highest BCUT2D eigenvalue weighted by molar-refractivity contribution is 9.10. The summed E-state index contributed by atoms with van der Waals surface area (Å²) in [5.41, 5.74) is 6.85. The first-order valence-electron chi connectivity index (χ1n) is 4.89. The molecule has 16 heavy (non-hydrogen) atoms. The maximum absolute atomic E-state index is 6.01.